The topological polar surface area (TPSA) is 142 Å². The fourth-order valence-corrected chi connectivity index (χ4v) is 5.62. The van der Waals surface area contributed by atoms with Gasteiger partial charge in [-0.25, -0.2) is 0 Å². The smallest absolute Gasteiger partial charge is 0.230 e. The quantitative estimate of drug-likeness (QED) is 0.462. The van der Waals surface area contributed by atoms with E-state index >= 15 is 0 Å². The van der Waals surface area contributed by atoms with Gasteiger partial charge in [0.05, 0.1) is 36.6 Å². The van der Waals surface area contributed by atoms with Crippen LogP contribution in [-0.4, -0.2) is 58.2 Å². The van der Waals surface area contributed by atoms with E-state index in [0.29, 0.717) is 12.3 Å². The molecule has 2 aromatic rings. The molecule has 0 bridgehead atoms. The van der Waals surface area contributed by atoms with Crippen LogP contribution >= 0.6 is 0 Å². The van der Waals surface area contributed by atoms with Gasteiger partial charge in [0.15, 0.2) is 0 Å². The number of amidine groups is 1. The molecule has 196 valence electrons. The lowest BCUT2D eigenvalue weighted by molar-refractivity contribution is -0.120. The van der Waals surface area contributed by atoms with Crippen LogP contribution in [0.5, 0.6) is 0 Å². The van der Waals surface area contributed by atoms with Crippen molar-refractivity contribution in [3.8, 4) is 23.3 Å². The molecule has 1 amide bonds. The Kier molecular flexibility index (Phi) is 7.33. The van der Waals surface area contributed by atoms with E-state index in [1.54, 1.807) is 0 Å². The third-order valence-electron chi connectivity index (χ3n) is 8.17. The van der Waals surface area contributed by atoms with E-state index in [2.05, 4.69) is 63.9 Å². The highest BCUT2D eigenvalue weighted by molar-refractivity contribution is 6.03. The van der Waals surface area contributed by atoms with Crippen LogP contribution in [-0.2, 0) is 11.3 Å². The van der Waals surface area contributed by atoms with Gasteiger partial charge in [0, 0.05) is 25.6 Å². The molecule has 2 aromatic carbocycles. The summed E-state index contributed by atoms with van der Waals surface area (Å²) < 4.78 is 0. The molecule has 1 saturated carbocycles. The van der Waals surface area contributed by atoms with E-state index in [1.165, 1.54) is 16.7 Å². The lowest BCUT2D eigenvalue weighted by atomic mass is 9.83. The van der Waals surface area contributed by atoms with Crippen molar-refractivity contribution in [2.75, 3.05) is 19.6 Å². The maximum Gasteiger partial charge on any atom is 0.230 e. The zero-order valence-corrected chi connectivity index (χ0v) is 21.3. The Bertz CT molecular complexity index is 1260. The second kappa shape index (κ2) is 10.8. The Labute approximate surface area is 223 Å². The summed E-state index contributed by atoms with van der Waals surface area (Å²) in [5.41, 5.74) is 8.80. The lowest BCUT2D eigenvalue weighted by Gasteiger charge is -2.45. The maximum absolute atomic E-state index is 12.2. The van der Waals surface area contributed by atoms with Gasteiger partial charge in [0.25, 0.3) is 0 Å². The van der Waals surface area contributed by atoms with Gasteiger partial charge in [-0.1, -0.05) is 54.6 Å². The second-order valence-corrected chi connectivity index (χ2v) is 10.6. The first-order valence-corrected chi connectivity index (χ1v) is 13.2. The summed E-state index contributed by atoms with van der Waals surface area (Å²) in [6.07, 6.45) is 1.41. The summed E-state index contributed by atoms with van der Waals surface area (Å²) in [5, 5.41) is 38.7. The van der Waals surface area contributed by atoms with Crippen LogP contribution in [0.1, 0.15) is 31.2 Å². The molecule has 9 nitrogen and oxygen atoms in total. The zero-order chi connectivity index (χ0) is 26.7. The molecular weight excluding hydrogens is 478 g/mol. The highest BCUT2D eigenvalue weighted by atomic mass is 16.3. The van der Waals surface area contributed by atoms with Crippen molar-refractivity contribution in [3.63, 3.8) is 0 Å². The standard InChI is InChI=1S/C29H33N7O2/c30-13-10-29(36-19-25(26(32)37)27(34-36)33-28(38)24-16-23(24)17-31)11-14-35(15-12-29)18-20-6-8-22(9-7-20)21-4-2-1-3-5-21/h1-9,23-25,28,38H,10-12,14-16,18-19H2,(H2,32,37)(H,33,34)/t23-,24+,25?,28?/m1/s1. The molecule has 3 aliphatic rings. The van der Waals surface area contributed by atoms with Crippen molar-refractivity contribution in [3.05, 3.63) is 60.2 Å². The first-order chi connectivity index (χ1) is 18.4. The number of hydrogen-bond donors (Lipinski definition) is 3. The van der Waals surface area contributed by atoms with Gasteiger partial charge in [0.1, 0.15) is 18.0 Å². The molecule has 0 spiro atoms. The summed E-state index contributed by atoms with van der Waals surface area (Å²) in [6, 6.07) is 23.4. The molecule has 2 fully saturated rings. The number of hydrogen-bond acceptors (Lipinski definition) is 8. The number of hydrazone groups is 1. The van der Waals surface area contributed by atoms with Crippen molar-refractivity contribution in [1.29, 1.82) is 10.5 Å². The largest absolute Gasteiger partial charge is 0.373 e. The number of piperidine rings is 1. The summed E-state index contributed by atoms with van der Waals surface area (Å²) in [5.74, 6) is -1.26. The number of amides is 1. The summed E-state index contributed by atoms with van der Waals surface area (Å²) in [7, 11) is 0. The third-order valence-corrected chi connectivity index (χ3v) is 8.17. The second-order valence-electron chi connectivity index (χ2n) is 10.6. The summed E-state index contributed by atoms with van der Waals surface area (Å²) >= 11 is 0. The number of benzene rings is 2. The van der Waals surface area contributed by atoms with E-state index in [9.17, 15) is 15.2 Å². The van der Waals surface area contributed by atoms with Crippen LogP contribution in [0.2, 0.25) is 0 Å². The minimum absolute atomic E-state index is 0.177. The van der Waals surface area contributed by atoms with Gasteiger partial charge in [-0.3, -0.25) is 14.7 Å². The minimum Gasteiger partial charge on any atom is -0.373 e. The minimum atomic E-state index is -0.956. The normalized spacial score (nSPS) is 25.1. The fraction of sp³-hybridized carbons (Fsp3) is 0.448. The summed E-state index contributed by atoms with van der Waals surface area (Å²) in [4.78, 5) is 14.6. The predicted molar refractivity (Wildman–Crippen MR) is 143 cm³/mol. The van der Waals surface area contributed by atoms with E-state index < -0.39 is 23.6 Å². The summed E-state index contributed by atoms with van der Waals surface area (Å²) in [6.45, 7) is 2.70. The fourth-order valence-electron chi connectivity index (χ4n) is 5.62. The van der Waals surface area contributed by atoms with Crippen molar-refractivity contribution >= 4 is 11.7 Å². The molecule has 1 aliphatic carbocycles. The van der Waals surface area contributed by atoms with Crippen LogP contribution in [0.25, 0.3) is 11.1 Å². The highest BCUT2D eigenvalue weighted by Gasteiger charge is 2.48. The molecule has 38 heavy (non-hydrogen) atoms. The van der Waals surface area contributed by atoms with Crippen molar-refractivity contribution in [2.24, 2.45) is 28.6 Å². The van der Waals surface area contributed by atoms with Crippen molar-refractivity contribution in [2.45, 2.75) is 44.0 Å². The Morgan fingerprint density at radius 3 is 2.42 bits per heavy atom. The Morgan fingerprint density at radius 1 is 1.13 bits per heavy atom. The molecule has 0 radical (unpaired) electrons. The number of nitrogens with two attached hydrogens (primary N) is 1. The molecule has 2 unspecified atom stereocenters. The average molecular weight is 512 g/mol. The Balaban J connectivity index is 1.23. The average Bonchev–Trinajstić information content (AvgIpc) is 3.61. The Morgan fingerprint density at radius 2 is 1.82 bits per heavy atom. The van der Waals surface area contributed by atoms with Gasteiger partial charge < -0.3 is 16.2 Å². The molecule has 4 atom stereocenters. The number of rotatable bonds is 8. The van der Waals surface area contributed by atoms with E-state index in [-0.39, 0.29) is 24.8 Å². The number of nitrogens with one attached hydrogen (secondary N) is 1. The number of nitrogens with zero attached hydrogens (tertiary/aromatic N) is 5. The predicted octanol–water partition coefficient (Wildman–Crippen LogP) is 2.40. The third kappa shape index (κ3) is 5.35. The molecule has 2 heterocycles. The number of aliphatic hydroxyl groups excluding tert-OH is 1. The van der Waals surface area contributed by atoms with Crippen molar-refractivity contribution < 1.29 is 9.90 Å². The number of nitriles is 2. The number of carbonyl (C=O) groups is 1. The first-order valence-electron chi connectivity index (χ1n) is 13.2. The van der Waals surface area contributed by atoms with Crippen molar-refractivity contribution in [1.82, 2.24) is 15.2 Å². The number of aliphatic hydroxyl groups is 1. The van der Waals surface area contributed by atoms with E-state index in [4.69, 9.17) is 11.0 Å². The number of likely N-dealkylation sites (tertiary alicyclic amines) is 1. The maximum atomic E-state index is 12.2. The van der Waals surface area contributed by atoms with Crippen LogP contribution in [0.3, 0.4) is 0 Å². The van der Waals surface area contributed by atoms with Crippen LogP contribution in [0.4, 0.5) is 0 Å². The number of primary amides is 1. The van der Waals surface area contributed by atoms with Gasteiger partial charge in [-0.15, -0.1) is 0 Å². The number of carbonyl (C=O) groups excluding carboxylic acids is 1. The van der Waals surface area contributed by atoms with E-state index in [0.717, 1.165) is 32.5 Å². The monoisotopic (exact) mass is 511 g/mol. The molecule has 9 heteroatoms. The van der Waals surface area contributed by atoms with Crippen LogP contribution < -0.4 is 11.1 Å². The van der Waals surface area contributed by atoms with Gasteiger partial charge in [-0.05, 0) is 36.0 Å². The zero-order valence-electron chi connectivity index (χ0n) is 21.3. The molecule has 1 saturated heterocycles. The molecular formula is C29H33N7O2. The highest BCUT2D eigenvalue weighted by Crippen LogP contribution is 2.40. The Hall–Kier alpha value is -3.92. The first kappa shape index (κ1) is 25.7. The molecule has 0 aromatic heterocycles. The molecule has 4 N–H and O–H groups in total. The van der Waals surface area contributed by atoms with Crippen LogP contribution in [0, 0.1) is 40.4 Å². The van der Waals surface area contributed by atoms with E-state index in [1.807, 2.05) is 23.2 Å². The van der Waals surface area contributed by atoms with Gasteiger partial charge in [-0.2, -0.15) is 15.6 Å². The SMILES string of the molecule is N#CCC1(N2CC(C(N)=O)C(NC(O)[C@H]3C[C@@H]3C#N)=N2)CCN(Cc2ccc(-c3ccccc3)cc2)CC1. The lowest BCUT2D eigenvalue weighted by Crippen LogP contribution is -2.53. The molecule has 2 aliphatic heterocycles. The van der Waals surface area contributed by atoms with Gasteiger partial charge >= 0.3 is 0 Å². The molecule has 5 rings (SSSR count). The van der Waals surface area contributed by atoms with Crippen LogP contribution in [0.15, 0.2) is 59.7 Å². The van der Waals surface area contributed by atoms with Gasteiger partial charge in [0.2, 0.25) is 5.91 Å².